The fraction of sp³-hybridized carbons (Fsp3) is 0.250. The van der Waals surface area contributed by atoms with Crippen molar-refractivity contribution < 1.29 is 51.0 Å². The van der Waals surface area contributed by atoms with Crippen molar-refractivity contribution in [3.63, 3.8) is 0 Å². The van der Waals surface area contributed by atoms with Gasteiger partial charge in [0.2, 0.25) is 0 Å². The van der Waals surface area contributed by atoms with E-state index in [1.807, 2.05) is 0 Å². The van der Waals surface area contributed by atoms with E-state index in [9.17, 15) is 0 Å². The Morgan fingerprint density at radius 3 is 1.31 bits per heavy atom. The second-order valence-corrected chi connectivity index (χ2v) is 24.2. The van der Waals surface area contributed by atoms with Crippen LogP contribution in [-0.2, 0) is 26.2 Å². The fourth-order valence-corrected chi connectivity index (χ4v) is 16.4. The molecule has 0 saturated carbocycles. The van der Waals surface area contributed by atoms with Crippen molar-refractivity contribution in [2.45, 2.75) is 40.0 Å². The molecule has 0 nitrogen and oxygen atoms in total. The van der Waals surface area contributed by atoms with Crippen LogP contribution >= 0.6 is 0 Å². The number of fused-ring (bicyclic) bond motifs is 2. The summed E-state index contributed by atoms with van der Waals surface area (Å²) < 4.78 is 0. The molecule has 5 heteroatoms. The maximum absolute atomic E-state index is 2.66. The third-order valence-corrected chi connectivity index (χ3v) is 23.3. The first-order valence-electron chi connectivity index (χ1n) is 9.56. The summed E-state index contributed by atoms with van der Waals surface area (Å²) in [6.07, 6.45) is 0. The zero-order chi connectivity index (χ0) is 18.7. The van der Waals surface area contributed by atoms with E-state index >= 15 is 0 Å². The van der Waals surface area contributed by atoms with Gasteiger partial charge in [-0.25, -0.2) is 0 Å². The Morgan fingerprint density at radius 1 is 0.621 bits per heavy atom. The molecular weight excluding hydrogens is 507 g/mol. The van der Waals surface area contributed by atoms with E-state index in [2.05, 4.69) is 101 Å². The molecule has 0 aliphatic rings. The monoisotopic (exact) mass is 532 g/mol. The Morgan fingerprint density at radius 2 is 0.966 bits per heavy atom. The van der Waals surface area contributed by atoms with Crippen LogP contribution in [0.15, 0.2) is 60.7 Å². The van der Waals surface area contributed by atoms with Crippen LogP contribution in [0.5, 0.6) is 0 Å². The van der Waals surface area contributed by atoms with Crippen molar-refractivity contribution in [2.75, 3.05) is 0 Å². The Bertz CT molecular complexity index is 1040. The van der Waals surface area contributed by atoms with Crippen molar-refractivity contribution in [1.29, 1.82) is 0 Å². The van der Waals surface area contributed by atoms with Gasteiger partial charge in [-0.05, 0) is 0 Å². The molecule has 4 rings (SSSR count). The minimum Gasteiger partial charge on any atom is -1.00 e. The Balaban J connectivity index is 0.00000140. The average Bonchev–Trinajstić information content (AvgIpc) is 3.08. The number of benzene rings is 2. The number of halogens is 2. The van der Waals surface area contributed by atoms with Gasteiger partial charge in [0, 0.05) is 15.2 Å². The molecule has 0 aliphatic carbocycles. The number of rotatable bonds is 3. The molecule has 0 N–H and O–H groups in total. The maximum atomic E-state index is 2.66. The molecule has 4 aromatic carbocycles. The molecule has 0 aromatic heterocycles. The van der Waals surface area contributed by atoms with Gasteiger partial charge in [-0.2, -0.15) is 10.4 Å². The maximum Gasteiger partial charge on any atom is 4.00 e. The van der Waals surface area contributed by atoms with Gasteiger partial charge in [-0.1, -0.05) is 52.2 Å². The summed E-state index contributed by atoms with van der Waals surface area (Å²) in [7, 11) is -3.36. The smallest absolute Gasteiger partial charge is 1.00 e. The minimum absolute atomic E-state index is 0. The molecule has 0 atom stereocenters. The molecule has 0 saturated heterocycles. The predicted molar refractivity (Wildman–Crippen MR) is 123 cm³/mol. The van der Waals surface area contributed by atoms with Crippen molar-refractivity contribution in [1.82, 2.24) is 0 Å². The van der Waals surface area contributed by atoms with Crippen LogP contribution < -0.4 is 35.2 Å². The summed E-state index contributed by atoms with van der Waals surface area (Å²) in [5.41, 5.74) is 2.99. The third kappa shape index (κ3) is 4.06. The first kappa shape index (κ1) is 26.6. The van der Waals surface area contributed by atoms with Crippen LogP contribution in [0, 0.1) is 13.8 Å². The molecule has 0 radical (unpaired) electrons. The summed E-state index contributed by atoms with van der Waals surface area (Å²) in [6.45, 7) is 15.1. The first-order valence-corrected chi connectivity index (χ1v) is 16.6. The summed E-state index contributed by atoms with van der Waals surface area (Å²) in [6, 6.07) is 22.8. The second kappa shape index (κ2) is 9.36. The van der Waals surface area contributed by atoms with Crippen LogP contribution in [0.1, 0.15) is 11.1 Å². The summed E-state index contributed by atoms with van der Waals surface area (Å²) in [5.74, 6) is 0. The van der Waals surface area contributed by atoms with Gasteiger partial charge in [-0.15, -0.1) is 81.2 Å². The van der Waals surface area contributed by atoms with Crippen molar-refractivity contribution >= 4 is 47.1 Å². The summed E-state index contributed by atoms with van der Waals surface area (Å²) >= 11 is 0. The van der Waals surface area contributed by atoms with Gasteiger partial charge in [0.1, 0.15) is 0 Å². The van der Waals surface area contributed by atoms with Gasteiger partial charge in [0.25, 0.3) is 0 Å². The number of aryl methyl sites for hydroxylation is 2. The molecule has 0 heterocycles. The van der Waals surface area contributed by atoms with E-state index in [1.165, 1.54) is 32.7 Å². The molecule has 0 fully saturated rings. The number of hydrogen-bond acceptors (Lipinski definition) is 0. The molecule has 150 valence electrons. The topological polar surface area (TPSA) is 0 Å². The Labute approximate surface area is 208 Å². The summed E-state index contributed by atoms with van der Waals surface area (Å²) in [5, 5.41) is 9.17. The SMILES string of the molecule is Cc1[cH-]c2ccccc2c1[Si](C)(c1c(C)[cH-]c2ccccc12)[Si](C)(C)C.[Cl-].[Cl-].[Zr+4]. The second-order valence-electron chi connectivity index (χ2n) is 8.95. The van der Waals surface area contributed by atoms with Gasteiger partial charge < -0.3 is 24.8 Å². The van der Waals surface area contributed by atoms with Crippen LogP contribution in [0.25, 0.3) is 21.5 Å². The van der Waals surface area contributed by atoms with E-state index in [0.29, 0.717) is 0 Å². The Hall–Kier alpha value is -0.443. The third-order valence-electron chi connectivity index (χ3n) is 6.49. The minimum atomic E-state index is -1.88. The molecule has 0 aliphatic heterocycles. The van der Waals surface area contributed by atoms with Crippen molar-refractivity contribution in [2.24, 2.45) is 0 Å². The van der Waals surface area contributed by atoms with Crippen LogP contribution in [0.4, 0.5) is 0 Å². The van der Waals surface area contributed by atoms with E-state index in [1.54, 1.807) is 10.4 Å². The van der Waals surface area contributed by atoms with Gasteiger partial charge >= 0.3 is 26.2 Å². The number of hydrogen-bond donors (Lipinski definition) is 0. The first-order chi connectivity index (χ1) is 12.2. The zero-order valence-electron chi connectivity index (χ0n) is 18.0. The molecule has 4 aromatic rings. The molecule has 0 amide bonds. The van der Waals surface area contributed by atoms with E-state index in [0.717, 1.165) is 0 Å². The normalized spacial score (nSPS) is 11.7. The quantitative estimate of drug-likeness (QED) is 0.249. The van der Waals surface area contributed by atoms with Crippen LogP contribution in [0.3, 0.4) is 0 Å². The van der Waals surface area contributed by atoms with Gasteiger partial charge in [0.05, 0.1) is 0 Å². The van der Waals surface area contributed by atoms with E-state index < -0.39 is 15.2 Å². The van der Waals surface area contributed by atoms with Crippen molar-refractivity contribution in [3.8, 4) is 0 Å². The van der Waals surface area contributed by atoms with Crippen LogP contribution in [-0.4, -0.2) is 15.2 Å². The van der Waals surface area contributed by atoms with E-state index in [4.69, 9.17) is 0 Å². The van der Waals surface area contributed by atoms with Crippen molar-refractivity contribution in [3.05, 3.63) is 71.8 Å². The molecule has 29 heavy (non-hydrogen) atoms. The molecule has 0 spiro atoms. The largest absolute Gasteiger partial charge is 4.00 e. The van der Waals surface area contributed by atoms with E-state index in [-0.39, 0.29) is 51.0 Å². The fourth-order valence-electron chi connectivity index (χ4n) is 4.94. The van der Waals surface area contributed by atoms with Gasteiger partial charge in [-0.3, -0.25) is 0 Å². The van der Waals surface area contributed by atoms with Gasteiger partial charge in [0.15, 0.2) is 0 Å². The zero-order valence-corrected chi connectivity index (χ0v) is 24.0. The molecule has 0 bridgehead atoms. The summed E-state index contributed by atoms with van der Waals surface area (Å²) in [4.78, 5) is 0. The average molecular weight is 535 g/mol. The standard InChI is InChI=1S/C24H28Si2.2ClH.Zr/c1-17-15-19-11-7-9-13-21(19)23(17)26(6,25(3,4)5)24-18(2)16-20-12-8-10-14-22(20)24;;;/h7-16H,1-6H3;2*1H;/q-2;;;+4/p-2. The molecular formula is C24H28Cl2Si2Zr. The Kier molecular flexibility index (Phi) is 8.59. The predicted octanol–water partition coefficient (Wildman–Crippen LogP) is -0.337. The van der Waals surface area contributed by atoms with Crippen LogP contribution in [0.2, 0.25) is 26.2 Å². The molecule has 0 unspecified atom stereocenters.